The van der Waals surface area contributed by atoms with E-state index in [9.17, 15) is 9.59 Å². The smallest absolute Gasteiger partial charge is 0.290 e. The monoisotopic (exact) mass is 281 g/mol. The Balaban J connectivity index is 2.27. The van der Waals surface area contributed by atoms with Crippen LogP contribution in [0.5, 0.6) is 0 Å². The second kappa shape index (κ2) is 8.29. The molecule has 20 heavy (non-hydrogen) atoms. The van der Waals surface area contributed by atoms with Gasteiger partial charge in [-0.05, 0) is 12.3 Å². The van der Waals surface area contributed by atoms with Crippen LogP contribution in [-0.2, 0) is 11.2 Å². The minimum atomic E-state index is -0.361. The standard InChI is InChI=1S/C13H23N5O2/c1-4-5-10-16-12(18-17-10)13(20)14-7-6-11(19)15-8-9(2)3/h9H,4-8H2,1-3H3,(H,14,20)(H,15,19)(H,16,17,18). The molecule has 0 fully saturated rings. The third-order valence-electron chi connectivity index (χ3n) is 2.57. The number of amides is 2. The lowest BCUT2D eigenvalue weighted by molar-refractivity contribution is -0.121. The quantitative estimate of drug-likeness (QED) is 0.651. The summed E-state index contributed by atoms with van der Waals surface area (Å²) in [5, 5.41) is 12.0. The number of carbonyl (C=O) groups is 2. The van der Waals surface area contributed by atoms with Crippen molar-refractivity contribution in [1.29, 1.82) is 0 Å². The molecule has 1 heterocycles. The zero-order valence-corrected chi connectivity index (χ0v) is 12.3. The Morgan fingerprint density at radius 2 is 2.05 bits per heavy atom. The fourth-order valence-corrected chi connectivity index (χ4v) is 1.52. The van der Waals surface area contributed by atoms with Crippen LogP contribution < -0.4 is 10.6 Å². The Labute approximate surface area is 118 Å². The lowest BCUT2D eigenvalue weighted by atomic mass is 10.2. The van der Waals surface area contributed by atoms with Crippen molar-refractivity contribution in [1.82, 2.24) is 25.8 Å². The Hall–Kier alpha value is -1.92. The van der Waals surface area contributed by atoms with Crippen molar-refractivity contribution in [2.45, 2.75) is 40.0 Å². The van der Waals surface area contributed by atoms with E-state index in [0.29, 0.717) is 18.3 Å². The van der Waals surface area contributed by atoms with Gasteiger partial charge >= 0.3 is 0 Å². The van der Waals surface area contributed by atoms with Crippen molar-refractivity contribution in [3.63, 3.8) is 0 Å². The van der Waals surface area contributed by atoms with Gasteiger partial charge in [-0.25, -0.2) is 4.98 Å². The molecule has 0 aliphatic carbocycles. The van der Waals surface area contributed by atoms with Crippen molar-refractivity contribution in [2.24, 2.45) is 5.92 Å². The van der Waals surface area contributed by atoms with Gasteiger partial charge in [-0.2, -0.15) is 0 Å². The van der Waals surface area contributed by atoms with Crippen molar-refractivity contribution in [3.05, 3.63) is 11.6 Å². The van der Waals surface area contributed by atoms with Gasteiger partial charge in [0.05, 0.1) is 0 Å². The van der Waals surface area contributed by atoms with Crippen molar-refractivity contribution < 1.29 is 9.59 Å². The summed E-state index contributed by atoms with van der Waals surface area (Å²) in [5.41, 5.74) is 0. The highest BCUT2D eigenvalue weighted by Gasteiger charge is 2.12. The number of H-pyrrole nitrogens is 1. The van der Waals surface area contributed by atoms with Crippen LogP contribution in [0.25, 0.3) is 0 Å². The molecule has 7 heteroatoms. The van der Waals surface area contributed by atoms with Gasteiger partial charge in [-0.3, -0.25) is 14.7 Å². The number of rotatable bonds is 8. The van der Waals surface area contributed by atoms with Crippen LogP contribution >= 0.6 is 0 Å². The summed E-state index contributed by atoms with van der Waals surface area (Å²) >= 11 is 0. The molecular formula is C13H23N5O2. The molecule has 0 spiro atoms. The number of carbonyl (C=O) groups excluding carboxylic acids is 2. The van der Waals surface area contributed by atoms with E-state index in [1.165, 1.54) is 0 Å². The molecule has 0 radical (unpaired) electrons. The van der Waals surface area contributed by atoms with Crippen molar-refractivity contribution in [3.8, 4) is 0 Å². The van der Waals surface area contributed by atoms with Gasteiger partial charge in [0.1, 0.15) is 5.82 Å². The Morgan fingerprint density at radius 3 is 2.70 bits per heavy atom. The molecule has 112 valence electrons. The van der Waals surface area contributed by atoms with E-state index < -0.39 is 0 Å². The summed E-state index contributed by atoms with van der Waals surface area (Å²) < 4.78 is 0. The average molecular weight is 281 g/mol. The van der Waals surface area contributed by atoms with E-state index in [0.717, 1.165) is 12.8 Å². The fraction of sp³-hybridized carbons (Fsp3) is 0.692. The summed E-state index contributed by atoms with van der Waals surface area (Å²) in [5.74, 6) is 0.808. The van der Waals surface area contributed by atoms with Crippen LogP contribution in [0.2, 0.25) is 0 Å². The zero-order valence-electron chi connectivity index (χ0n) is 12.3. The first-order valence-corrected chi connectivity index (χ1v) is 6.99. The number of nitrogens with zero attached hydrogens (tertiary/aromatic N) is 2. The molecule has 0 bridgehead atoms. The maximum absolute atomic E-state index is 11.7. The third kappa shape index (κ3) is 5.81. The maximum atomic E-state index is 11.7. The zero-order chi connectivity index (χ0) is 15.0. The summed E-state index contributed by atoms with van der Waals surface area (Å²) in [4.78, 5) is 27.3. The SMILES string of the molecule is CCCc1nc(C(=O)NCCC(=O)NCC(C)C)n[nH]1. The third-order valence-corrected chi connectivity index (χ3v) is 2.57. The number of nitrogens with one attached hydrogen (secondary N) is 3. The average Bonchev–Trinajstić information content (AvgIpc) is 2.85. The highest BCUT2D eigenvalue weighted by molar-refractivity contribution is 5.90. The molecule has 3 N–H and O–H groups in total. The highest BCUT2D eigenvalue weighted by atomic mass is 16.2. The van der Waals surface area contributed by atoms with Gasteiger partial charge in [0.25, 0.3) is 5.91 Å². The van der Waals surface area contributed by atoms with E-state index in [1.54, 1.807) is 0 Å². The molecule has 2 amide bonds. The van der Waals surface area contributed by atoms with E-state index in [2.05, 4.69) is 25.8 Å². The lowest BCUT2D eigenvalue weighted by Crippen LogP contribution is -2.32. The van der Waals surface area contributed by atoms with Crippen LogP contribution in [0.1, 0.15) is 50.1 Å². The minimum absolute atomic E-state index is 0.0688. The molecule has 0 aliphatic heterocycles. The largest absolute Gasteiger partial charge is 0.356 e. The van der Waals surface area contributed by atoms with Crippen LogP contribution in [0.4, 0.5) is 0 Å². The molecule has 1 aromatic heterocycles. The van der Waals surface area contributed by atoms with Gasteiger partial charge in [0, 0.05) is 25.9 Å². The first kappa shape index (κ1) is 16.1. The fourth-order valence-electron chi connectivity index (χ4n) is 1.52. The highest BCUT2D eigenvalue weighted by Crippen LogP contribution is 1.96. The summed E-state index contributed by atoms with van der Waals surface area (Å²) in [6.07, 6.45) is 1.95. The van der Waals surface area contributed by atoms with E-state index in [-0.39, 0.29) is 30.6 Å². The first-order chi connectivity index (χ1) is 9.52. The van der Waals surface area contributed by atoms with Crippen molar-refractivity contribution in [2.75, 3.05) is 13.1 Å². The van der Waals surface area contributed by atoms with Crippen LogP contribution in [-0.4, -0.2) is 40.1 Å². The summed E-state index contributed by atoms with van der Waals surface area (Å²) in [7, 11) is 0. The molecule has 0 aliphatic rings. The van der Waals surface area contributed by atoms with E-state index >= 15 is 0 Å². The second-order valence-corrected chi connectivity index (χ2v) is 5.06. The summed E-state index contributed by atoms with van der Waals surface area (Å²) in [6, 6.07) is 0. The van der Waals surface area contributed by atoms with E-state index in [1.807, 2.05) is 20.8 Å². The summed E-state index contributed by atoms with van der Waals surface area (Å²) in [6.45, 7) is 7.00. The van der Waals surface area contributed by atoms with Gasteiger partial charge in [0.2, 0.25) is 11.7 Å². The molecule has 1 rings (SSSR count). The predicted octanol–water partition coefficient (Wildman–Crippen LogP) is 0.649. The number of aromatic nitrogens is 3. The van der Waals surface area contributed by atoms with E-state index in [4.69, 9.17) is 0 Å². The molecule has 0 unspecified atom stereocenters. The van der Waals surface area contributed by atoms with Gasteiger partial charge in [-0.15, -0.1) is 5.10 Å². The number of aromatic amines is 1. The number of aryl methyl sites for hydroxylation is 1. The number of hydrogen-bond donors (Lipinski definition) is 3. The Morgan fingerprint density at radius 1 is 1.30 bits per heavy atom. The molecule has 0 atom stereocenters. The predicted molar refractivity (Wildman–Crippen MR) is 75.2 cm³/mol. The molecule has 0 aromatic carbocycles. The van der Waals surface area contributed by atoms with Crippen LogP contribution in [0.15, 0.2) is 0 Å². The Bertz CT molecular complexity index is 442. The molecule has 0 saturated carbocycles. The Kier molecular flexibility index (Phi) is 6.69. The molecule has 0 saturated heterocycles. The molecular weight excluding hydrogens is 258 g/mol. The van der Waals surface area contributed by atoms with Gasteiger partial charge < -0.3 is 10.6 Å². The molecule has 1 aromatic rings. The van der Waals surface area contributed by atoms with Gasteiger partial charge in [0.15, 0.2) is 0 Å². The number of hydrogen-bond acceptors (Lipinski definition) is 4. The van der Waals surface area contributed by atoms with Crippen LogP contribution in [0, 0.1) is 5.92 Å². The lowest BCUT2D eigenvalue weighted by Gasteiger charge is -2.07. The maximum Gasteiger partial charge on any atom is 0.290 e. The minimum Gasteiger partial charge on any atom is -0.356 e. The normalized spacial score (nSPS) is 10.6. The molecule has 7 nitrogen and oxygen atoms in total. The van der Waals surface area contributed by atoms with Gasteiger partial charge in [-0.1, -0.05) is 20.8 Å². The second-order valence-electron chi connectivity index (χ2n) is 5.06. The first-order valence-electron chi connectivity index (χ1n) is 6.99. The topological polar surface area (TPSA) is 99.8 Å². The van der Waals surface area contributed by atoms with Crippen molar-refractivity contribution >= 4 is 11.8 Å². The van der Waals surface area contributed by atoms with Crippen LogP contribution in [0.3, 0.4) is 0 Å².